The van der Waals surface area contributed by atoms with Crippen LogP contribution in [-0.4, -0.2) is 11.3 Å². The maximum Gasteiger partial charge on any atom is 0.260 e. The lowest BCUT2D eigenvalue weighted by Gasteiger charge is -2.34. The van der Waals surface area contributed by atoms with Gasteiger partial charge in [0.05, 0.1) is 22.6 Å². The zero-order valence-electron chi connectivity index (χ0n) is 36.8. The van der Waals surface area contributed by atoms with Gasteiger partial charge >= 0.3 is 0 Å². The molecule has 0 radical (unpaired) electrons. The van der Waals surface area contributed by atoms with Gasteiger partial charge in [-0.2, -0.15) is 0 Å². The summed E-state index contributed by atoms with van der Waals surface area (Å²) in [5, 5.41) is 9.07. The Morgan fingerprint density at radius 3 is 2.03 bits per heavy atom. The van der Waals surface area contributed by atoms with Crippen LogP contribution in [0, 0.1) is 0 Å². The molecule has 4 aromatic heterocycles. The third kappa shape index (κ3) is 4.25. The van der Waals surface area contributed by atoms with E-state index >= 15 is 0 Å². The van der Waals surface area contributed by atoms with E-state index in [0.717, 1.165) is 90.7 Å². The fraction of sp³-hybridized carbons (Fsp3) is 0. The van der Waals surface area contributed by atoms with Crippen molar-refractivity contribution in [1.82, 2.24) is 4.57 Å². The summed E-state index contributed by atoms with van der Waals surface area (Å²) in [6.45, 7) is -0.385. The van der Waals surface area contributed by atoms with Gasteiger partial charge in [-0.25, -0.2) is 0 Å². The van der Waals surface area contributed by atoms with Crippen LogP contribution in [0.4, 0.5) is 0 Å². The molecule has 0 atom stereocenters. The lowest BCUT2D eigenvalue weighted by atomic mass is 9.35. The molecule has 7 heteroatoms. The lowest BCUT2D eigenvalue weighted by Crippen LogP contribution is -2.58. The Bertz CT molecular complexity index is 4350. The minimum absolute atomic E-state index is 0.139. The Balaban J connectivity index is 1.19. The van der Waals surface area contributed by atoms with E-state index in [0.29, 0.717) is 11.3 Å². The molecule has 0 amide bonds. The minimum atomic E-state index is -0.424. The van der Waals surface area contributed by atoms with Gasteiger partial charge < -0.3 is 13.7 Å². The predicted octanol–water partition coefficient (Wildman–Crippen LogP) is 14.2. The molecule has 0 spiro atoms. The molecule has 13 aromatic rings. The number of fused-ring (bicyclic) bond motifs is 22. The number of hydrogen-bond donors (Lipinski definition) is 0. The van der Waals surface area contributed by atoms with Gasteiger partial charge in [-0.15, -0.1) is 22.7 Å². The molecule has 0 bridgehead atoms. The summed E-state index contributed by atoms with van der Waals surface area (Å²) in [6.07, 6.45) is 0. The number of para-hydroxylation sites is 3. The van der Waals surface area contributed by atoms with Crippen LogP contribution in [0.2, 0.25) is 0 Å². The quantitative estimate of drug-likeness (QED) is 0.162. The fourth-order valence-electron chi connectivity index (χ4n) is 10.4. The van der Waals surface area contributed by atoms with Gasteiger partial charge in [-0.3, -0.25) is 0 Å². The zero-order valence-corrected chi connectivity index (χ0v) is 34.3. The summed E-state index contributed by atoms with van der Waals surface area (Å²) in [5.74, 6) is 1.31. The smallest absolute Gasteiger partial charge is 0.260 e. The number of hydrogen-bond acceptors (Lipinski definition) is 5. The molecule has 3 nitrogen and oxygen atoms in total. The molecule has 0 N–H and O–H groups in total. The molecule has 6 heterocycles. The van der Waals surface area contributed by atoms with Crippen molar-refractivity contribution >= 4 is 142 Å². The number of thiophene rings is 2. The van der Waals surface area contributed by atoms with Crippen LogP contribution in [0.3, 0.4) is 0 Å². The zero-order chi connectivity index (χ0) is 43.9. The van der Waals surface area contributed by atoms with Gasteiger partial charge in [-0.1, -0.05) is 133 Å². The second-order valence-electron chi connectivity index (χ2n) is 15.8. The Morgan fingerprint density at radius 1 is 0.557 bits per heavy atom. The summed E-state index contributed by atoms with van der Waals surface area (Å²) in [5.41, 5.74) is 8.58. The summed E-state index contributed by atoms with van der Waals surface area (Å²) >= 11 is 5.22. The number of furan rings is 1. The van der Waals surface area contributed by atoms with Crippen LogP contribution in [0.1, 0.15) is 6.85 Å². The number of nitrogens with zero attached hydrogens (tertiary/aromatic N) is 1. The third-order valence-corrected chi connectivity index (χ3v) is 16.3. The topological polar surface area (TPSA) is 27.3 Å². The number of rotatable bonds is 2. The molecule has 0 saturated heterocycles. The van der Waals surface area contributed by atoms with E-state index < -0.39 is 6.04 Å². The highest BCUT2D eigenvalue weighted by Gasteiger charge is 2.46. The standard InChI is InChI=1S/C54H28BNO2S3/c1-3-15-29(16-4-1)30-27-38-46-41(28-30)61-54-48(55(46)47-50-43(33-20-8-12-24-37(33)57-50)45-35-22-10-14-26-40(35)60-53(45)51(47)58-38)52-44(34-21-9-13-25-39(34)59-52)42-32-19-7-11-23-36(32)56(49(42)54)31-17-5-2-6-18-31/h1-28H/i1D,3D,4D,15D,16D. The Morgan fingerprint density at radius 2 is 1.23 bits per heavy atom. The fourth-order valence-corrected chi connectivity index (χ4v) is 14.3. The highest BCUT2D eigenvalue weighted by atomic mass is 32.2. The van der Waals surface area contributed by atoms with Crippen LogP contribution in [-0.2, 0) is 0 Å². The van der Waals surface area contributed by atoms with Crippen molar-refractivity contribution in [2.75, 3.05) is 0 Å². The van der Waals surface area contributed by atoms with Gasteiger partial charge in [-0.05, 0) is 70.6 Å². The molecule has 9 aromatic carbocycles. The number of ether oxygens (including phenoxy) is 1. The Hall–Kier alpha value is -6.77. The van der Waals surface area contributed by atoms with Gasteiger partial charge in [0.15, 0.2) is 0 Å². The van der Waals surface area contributed by atoms with Crippen molar-refractivity contribution in [1.29, 1.82) is 0 Å². The molecule has 0 fully saturated rings. The average molecular weight is 835 g/mol. The van der Waals surface area contributed by atoms with E-state index in [2.05, 4.69) is 120 Å². The predicted molar refractivity (Wildman–Crippen MR) is 261 cm³/mol. The summed E-state index contributed by atoms with van der Waals surface area (Å²) in [4.78, 5) is 1.99. The number of aromatic nitrogens is 1. The van der Waals surface area contributed by atoms with Crippen molar-refractivity contribution in [3.63, 3.8) is 0 Å². The van der Waals surface area contributed by atoms with Crippen LogP contribution in [0.25, 0.3) is 101 Å². The molecule has 282 valence electrons. The number of benzene rings is 9. The molecule has 2 aliphatic rings. The third-order valence-electron chi connectivity index (χ3n) is 12.8. The minimum Gasteiger partial charge on any atom is -0.457 e. The highest BCUT2D eigenvalue weighted by Crippen LogP contribution is 2.53. The molecular weight excluding hydrogens is 802 g/mol. The summed E-state index contributed by atoms with van der Waals surface area (Å²) in [6, 6.07) is 47.1. The maximum absolute atomic E-state index is 9.14. The molecule has 15 rings (SSSR count). The van der Waals surface area contributed by atoms with E-state index in [1.165, 1.54) is 31.0 Å². The van der Waals surface area contributed by atoms with Crippen molar-refractivity contribution in [2.45, 2.75) is 9.79 Å². The molecule has 0 saturated carbocycles. The maximum atomic E-state index is 9.14. The van der Waals surface area contributed by atoms with E-state index in [4.69, 9.17) is 16.0 Å². The van der Waals surface area contributed by atoms with Crippen LogP contribution in [0.15, 0.2) is 184 Å². The Kier molecular flexibility index (Phi) is 5.62. The van der Waals surface area contributed by atoms with Gasteiger partial charge in [0.2, 0.25) is 0 Å². The van der Waals surface area contributed by atoms with Crippen LogP contribution in [0.5, 0.6) is 11.5 Å². The van der Waals surface area contributed by atoms with Crippen molar-refractivity contribution < 1.29 is 16.0 Å². The van der Waals surface area contributed by atoms with Crippen molar-refractivity contribution in [3.05, 3.63) is 170 Å². The molecule has 61 heavy (non-hydrogen) atoms. The average Bonchev–Trinajstić information content (AvgIpc) is 4.12. The lowest BCUT2D eigenvalue weighted by molar-refractivity contribution is 0.492. The first kappa shape index (κ1) is 28.7. The van der Waals surface area contributed by atoms with E-state index in [9.17, 15) is 0 Å². The van der Waals surface area contributed by atoms with Gasteiger partial charge in [0, 0.05) is 78.1 Å². The van der Waals surface area contributed by atoms with E-state index in [1.54, 1.807) is 23.1 Å². The largest absolute Gasteiger partial charge is 0.457 e. The second-order valence-corrected chi connectivity index (χ2v) is 19.0. The first-order chi connectivity index (χ1) is 32.4. The SMILES string of the molecule is [2H]c1c([2H])c([2H])c(-c2cc3c4c(c2)Sc2c(c5sc6ccccc6c5c5c6ccccc6n(-c6ccccc6)c25)B4c2c(c4sc5ccccc5c4c4c2oc2ccccc24)O3)c([2H])c1[2H]. The molecule has 0 unspecified atom stereocenters. The van der Waals surface area contributed by atoms with Crippen molar-refractivity contribution in [2.24, 2.45) is 0 Å². The van der Waals surface area contributed by atoms with Crippen LogP contribution < -0.4 is 21.1 Å². The summed E-state index contributed by atoms with van der Waals surface area (Å²) in [7, 11) is 0. The van der Waals surface area contributed by atoms with Gasteiger partial charge in [0.25, 0.3) is 6.71 Å². The molecule has 2 aliphatic heterocycles. The van der Waals surface area contributed by atoms with Crippen molar-refractivity contribution in [3.8, 4) is 28.3 Å². The summed E-state index contributed by atoms with van der Waals surface area (Å²) < 4.78 is 65.6. The van der Waals surface area contributed by atoms with E-state index in [-0.39, 0.29) is 36.4 Å². The monoisotopic (exact) mass is 834 g/mol. The van der Waals surface area contributed by atoms with E-state index in [1.807, 2.05) is 35.6 Å². The molecule has 0 aliphatic carbocycles. The molecular formula is C54H28BNO2S3. The Labute approximate surface area is 368 Å². The second kappa shape index (κ2) is 12.0. The first-order valence-corrected chi connectivity index (χ1v) is 22.7. The normalized spacial score (nSPS) is 14.4. The van der Waals surface area contributed by atoms with Crippen LogP contribution >= 0.6 is 34.4 Å². The first-order valence-electron chi connectivity index (χ1n) is 22.7. The highest BCUT2D eigenvalue weighted by molar-refractivity contribution is 8.00. The van der Waals surface area contributed by atoms with Gasteiger partial charge in [0.1, 0.15) is 22.7 Å².